The number of benzene rings is 1. The van der Waals surface area contributed by atoms with E-state index in [1.54, 1.807) is 18.3 Å². The predicted octanol–water partition coefficient (Wildman–Crippen LogP) is 3.22. The molecule has 2 atom stereocenters. The number of nitrogens with two attached hydrogens (primary N) is 1. The molecule has 0 bridgehead atoms. The van der Waals surface area contributed by atoms with Crippen LogP contribution < -0.4 is 11.3 Å². The van der Waals surface area contributed by atoms with Gasteiger partial charge in [-0.25, -0.2) is 4.39 Å². The van der Waals surface area contributed by atoms with E-state index in [4.69, 9.17) is 5.84 Å². The lowest BCUT2D eigenvalue weighted by Gasteiger charge is -2.24. The quantitative estimate of drug-likeness (QED) is 0.668. The Morgan fingerprint density at radius 1 is 1.40 bits per heavy atom. The van der Waals surface area contributed by atoms with Gasteiger partial charge in [-0.05, 0) is 42.7 Å². The van der Waals surface area contributed by atoms with E-state index in [-0.39, 0.29) is 17.8 Å². The molecule has 0 spiro atoms. The van der Waals surface area contributed by atoms with Crippen molar-refractivity contribution in [3.05, 3.63) is 63.6 Å². The van der Waals surface area contributed by atoms with Crippen LogP contribution in [0.1, 0.15) is 35.2 Å². The standard InChI is InChI=1S/C15H15BrFN3/c16-10-4-6-13(17)12(8-10)15(20-18)11-5-3-9-2-1-7-19-14(9)11/h1-2,4,6-8,11,15,20H,3,5,18H2. The minimum Gasteiger partial charge on any atom is -0.271 e. The van der Waals surface area contributed by atoms with Crippen LogP contribution in [-0.4, -0.2) is 4.98 Å². The number of nitrogens with one attached hydrogen (secondary N) is 1. The second kappa shape index (κ2) is 5.60. The normalized spacial score (nSPS) is 18.9. The van der Waals surface area contributed by atoms with Crippen LogP contribution in [0.25, 0.3) is 0 Å². The lowest BCUT2D eigenvalue weighted by molar-refractivity contribution is 0.428. The van der Waals surface area contributed by atoms with E-state index in [2.05, 4.69) is 32.4 Å². The average Bonchev–Trinajstić information content (AvgIpc) is 2.88. The van der Waals surface area contributed by atoms with Crippen molar-refractivity contribution in [2.45, 2.75) is 24.8 Å². The van der Waals surface area contributed by atoms with Crippen molar-refractivity contribution in [3.63, 3.8) is 0 Å². The van der Waals surface area contributed by atoms with Crippen LogP contribution in [0, 0.1) is 5.82 Å². The number of fused-ring (bicyclic) bond motifs is 1. The molecule has 5 heteroatoms. The first-order valence-corrected chi connectivity index (χ1v) is 7.35. The Hall–Kier alpha value is -1.30. The van der Waals surface area contributed by atoms with Gasteiger partial charge < -0.3 is 0 Å². The topological polar surface area (TPSA) is 50.9 Å². The number of nitrogens with zero attached hydrogens (tertiary/aromatic N) is 1. The Labute approximate surface area is 125 Å². The van der Waals surface area contributed by atoms with E-state index in [0.717, 1.165) is 23.0 Å². The summed E-state index contributed by atoms with van der Waals surface area (Å²) in [5.74, 6) is 5.55. The van der Waals surface area contributed by atoms with Crippen LogP contribution in [0.15, 0.2) is 41.0 Å². The van der Waals surface area contributed by atoms with E-state index >= 15 is 0 Å². The molecule has 1 heterocycles. The van der Waals surface area contributed by atoms with Crippen molar-refractivity contribution in [1.82, 2.24) is 10.4 Å². The molecule has 1 aliphatic rings. The molecule has 0 amide bonds. The van der Waals surface area contributed by atoms with Crippen LogP contribution in [0.2, 0.25) is 0 Å². The van der Waals surface area contributed by atoms with E-state index < -0.39 is 0 Å². The first kappa shape index (κ1) is 13.7. The van der Waals surface area contributed by atoms with Crippen LogP contribution in [0.5, 0.6) is 0 Å². The summed E-state index contributed by atoms with van der Waals surface area (Å²) in [6.07, 6.45) is 3.66. The van der Waals surface area contributed by atoms with Crippen LogP contribution in [0.4, 0.5) is 4.39 Å². The van der Waals surface area contributed by atoms with Gasteiger partial charge in [0, 0.05) is 27.8 Å². The van der Waals surface area contributed by atoms with Crippen molar-refractivity contribution in [2.75, 3.05) is 0 Å². The Morgan fingerprint density at radius 2 is 2.25 bits per heavy atom. The second-order valence-electron chi connectivity index (χ2n) is 5.00. The first-order chi connectivity index (χ1) is 9.70. The zero-order valence-electron chi connectivity index (χ0n) is 10.8. The van der Waals surface area contributed by atoms with Crippen molar-refractivity contribution < 1.29 is 4.39 Å². The van der Waals surface area contributed by atoms with Gasteiger partial charge in [0.1, 0.15) is 5.82 Å². The summed E-state index contributed by atoms with van der Waals surface area (Å²) in [6, 6.07) is 8.66. The van der Waals surface area contributed by atoms with Gasteiger partial charge in [0.2, 0.25) is 0 Å². The van der Waals surface area contributed by atoms with Gasteiger partial charge in [-0.15, -0.1) is 0 Å². The predicted molar refractivity (Wildman–Crippen MR) is 79.5 cm³/mol. The average molecular weight is 336 g/mol. The summed E-state index contributed by atoms with van der Waals surface area (Å²) < 4.78 is 14.9. The number of aromatic nitrogens is 1. The van der Waals surface area contributed by atoms with Gasteiger partial charge in [0.15, 0.2) is 0 Å². The summed E-state index contributed by atoms with van der Waals surface area (Å²) >= 11 is 3.38. The third-order valence-corrected chi connectivity index (χ3v) is 4.37. The van der Waals surface area contributed by atoms with Crippen molar-refractivity contribution in [2.24, 2.45) is 5.84 Å². The maximum Gasteiger partial charge on any atom is 0.128 e. The van der Waals surface area contributed by atoms with Gasteiger partial charge in [-0.1, -0.05) is 22.0 Å². The summed E-state index contributed by atoms with van der Waals surface area (Å²) in [6.45, 7) is 0. The Kier molecular flexibility index (Phi) is 3.83. The Balaban J connectivity index is 2.01. The summed E-state index contributed by atoms with van der Waals surface area (Å²) in [5.41, 5.74) is 5.60. The second-order valence-corrected chi connectivity index (χ2v) is 5.92. The van der Waals surface area contributed by atoms with Gasteiger partial charge in [-0.2, -0.15) is 0 Å². The molecule has 3 N–H and O–H groups in total. The zero-order valence-corrected chi connectivity index (χ0v) is 12.4. The molecule has 0 saturated heterocycles. The van der Waals surface area contributed by atoms with Gasteiger partial charge in [0.25, 0.3) is 0 Å². The fraction of sp³-hybridized carbons (Fsp3) is 0.267. The third-order valence-electron chi connectivity index (χ3n) is 3.88. The van der Waals surface area contributed by atoms with E-state index in [1.165, 1.54) is 11.6 Å². The highest BCUT2D eigenvalue weighted by Crippen LogP contribution is 2.41. The Morgan fingerprint density at radius 3 is 3.05 bits per heavy atom. The highest BCUT2D eigenvalue weighted by molar-refractivity contribution is 9.10. The highest BCUT2D eigenvalue weighted by atomic mass is 79.9. The number of halogens is 2. The maximum absolute atomic E-state index is 14.1. The van der Waals surface area contributed by atoms with E-state index in [1.807, 2.05) is 6.07 Å². The molecule has 1 aliphatic carbocycles. The Bertz CT molecular complexity index is 632. The number of hydrogen-bond donors (Lipinski definition) is 2. The minimum absolute atomic E-state index is 0.0972. The molecule has 20 heavy (non-hydrogen) atoms. The molecule has 0 fully saturated rings. The summed E-state index contributed by atoms with van der Waals surface area (Å²) in [4.78, 5) is 4.46. The first-order valence-electron chi connectivity index (χ1n) is 6.55. The van der Waals surface area contributed by atoms with Crippen LogP contribution >= 0.6 is 15.9 Å². The highest BCUT2D eigenvalue weighted by Gasteiger charge is 2.32. The van der Waals surface area contributed by atoms with Gasteiger partial charge >= 0.3 is 0 Å². The number of rotatable bonds is 3. The lowest BCUT2D eigenvalue weighted by Crippen LogP contribution is -2.33. The molecule has 1 aromatic carbocycles. The molecule has 1 aromatic heterocycles. The minimum atomic E-state index is -0.274. The van der Waals surface area contributed by atoms with Crippen LogP contribution in [0.3, 0.4) is 0 Å². The zero-order chi connectivity index (χ0) is 14.1. The fourth-order valence-corrected chi connectivity index (χ4v) is 3.32. The number of hydrogen-bond acceptors (Lipinski definition) is 3. The molecule has 0 aliphatic heterocycles. The molecule has 104 valence electrons. The largest absolute Gasteiger partial charge is 0.271 e. The summed E-state index contributed by atoms with van der Waals surface area (Å²) in [7, 11) is 0. The molecular weight excluding hydrogens is 321 g/mol. The molecular formula is C15H15BrFN3. The third kappa shape index (κ3) is 2.37. The molecule has 2 aromatic rings. The SMILES string of the molecule is NNC(c1cc(Br)ccc1F)C1CCc2cccnc21. The number of pyridine rings is 1. The number of hydrazine groups is 1. The van der Waals surface area contributed by atoms with Crippen molar-refractivity contribution >= 4 is 15.9 Å². The number of aryl methyl sites for hydroxylation is 1. The smallest absolute Gasteiger partial charge is 0.128 e. The molecule has 3 nitrogen and oxygen atoms in total. The van der Waals surface area contributed by atoms with Gasteiger partial charge in [-0.3, -0.25) is 16.3 Å². The van der Waals surface area contributed by atoms with Crippen LogP contribution in [-0.2, 0) is 6.42 Å². The monoisotopic (exact) mass is 335 g/mol. The molecule has 2 unspecified atom stereocenters. The fourth-order valence-electron chi connectivity index (χ4n) is 2.94. The molecule has 3 rings (SSSR count). The maximum atomic E-state index is 14.1. The van der Waals surface area contributed by atoms with E-state index in [9.17, 15) is 4.39 Å². The summed E-state index contributed by atoms with van der Waals surface area (Å²) in [5, 5.41) is 0. The molecule has 0 radical (unpaired) electrons. The van der Waals surface area contributed by atoms with Gasteiger partial charge in [0.05, 0.1) is 6.04 Å². The van der Waals surface area contributed by atoms with Crippen molar-refractivity contribution in [3.8, 4) is 0 Å². The lowest BCUT2D eigenvalue weighted by atomic mass is 9.91. The van der Waals surface area contributed by atoms with E-state index in [0.29, 0.717) is 5.56 Å². The molecule has 0 saturated carbocycles. The van der Waals surface area contributed by atoms with Crippen molar-refractivity contribution in [1.29, 1.82) is 0 Å².